The number of benzene rings is 2. The molecule has 0 aliphatic rings. The van der Waals surface area contributed by atoms with Crippen LogP contribution in [0.25, 0.3) is 0 Å². The third-order valence-corrected chi connectivity index (χ3v) is 3.56. The van der Waals surface area contributed by atoms with Crippen LogP contribution in [0, 0.1) is 0 Å². The molecule has 0 heterocycles. The van der Waals surface area contributed by atoms with Gasteiger partial charge in [0.1, 0.15) is 0 Å². The van der Waals surface area contributed by atoms with E-state index in [-0.39, 0.29) is 0 Å². The first-order valence-corrected chi connectivity index (χ1v) is 6.71. The summed E-state index contributed by atoms with van der Waals surface area (Å²) < 4.78 is 0. The van der Waals surface area contributed by atoms with Crippen LogP contribution in [0.3, 0.4) is 0 Å². The molecule has 0 aromatic heterocycles. The fraction of sp³-hybridized carbons (Fsp3) is 0.125. The number of rotatable bonds is 5. The molecule has 0 saturated heterocycles. The minimum absolute atomic E-state index is 0.957. The molecule has 2 aromatic carbocycles. The highest BCUT2D eigenvalue weighted by Crippen LogP contribution is 2.22. The maximum absolute atomic E-state index is 4.13. The van der Waals surface area contributed by atoms with Gasteiger partial charge in [0.15, 0.2) is 0 Å². The van der Waals surface area contributed by atoms with E-state index >= 15 is 0 Å². The fourth-order valence-corrected chi connectivity index (χ4v) is 2.47. The van der Waals surface area contributed by atoms with Gasteiger partial charge in [0.25, 0.3) is 0 Å². The Balaban J connectivity index is 1.83. The van der Waals surface area contributed by atoms with E-state index < -0.39 is 0 Å². The maximum Gasteiger partial charge on any atom is 0.0228 e. The molecule has 2 aromatic rings. The number of hydrogen-bond donors (Lipinski definition) is 0. The van der Waals surface area contributed by atoms with Crippen molar-refractivity contribution < 1.29 is 0 Å². The highest BCUT2D eigenvalue weighted by Gasteiger charge is 1.98. The van der Waals surface area contributed by atoms with Crippen LogP contribution in [-0.2, 0) is 12.2 Å². The molecule has 0 amide bonds. The van der Waals surface area contributed by atoms with Crippen LogP contribution in [0.15, 0.2) is 72.1 Å². The second kappa shape index (κ2) is 6.31. The van der Waals surface area contributed by atoms with Crippen LogP contribution in [0.5, 0.6) is 0 Å². The summed E-state index contributed by atoms with van der Waals surface area (Å²) in [5.74, 6) is 1.01. The van der Waals surface area contributed by atoms with Gasteiger partial charge in [0.05, 0.1) is 0 Å². The Bertz CT molecular complexity index is 459. The van der Waals surface area contributed by atoms with Crippen molar-refractivity contribution in [2.45, 2.75) is 12.2 Å². The summed E-state index contributed by atoms with van der Waals surface area (Å²) >= 11 is 1.83. The molecule has 0 bridgehead atoms. The van der Waals surface area contributed by atoms with Crippen molar-refractivity contribution in [3.05, 3.63) is 83.3 Å². The van der Waals surface area contributed by atoms with Crippen molar-refractivity contribution in [3.63, 3.8) is 0 Å². The Morgan fingerprint density at radius 3 is 1.94 bits per heavy atom. The van der Waals surface area contributed by atoms with Crippen LogP contribution in [0.1, 0.15) is 11.1 Å². The molecule has 0 saturated carbocycles. The van der Waals surface area contributed by atoms with Crippen LogP contribution in [0.2, 0.25) is 0 Å². The predicted molar refractivity (Wildman–Crippen MR) is 77.0 cm³/mol. The van der Waals surface area contributed by atoms with Gasteiger partial charge in [0, 0.05) is 12.2 Å². The average molecular weight is 240 g/mol. The number of allylic oxidation sites excluding steroid dienone is 1. The van der Waals surface area contributed by atoms with Gasteiger partial charge in [-0.05, 0) is 16.0 Å². The molecule has 0 atom stereocenters. The molecule has 0 N–H and O–H groups in total. The lowest BCUT2D eigenvalue weighted by Crippen LogP contribution is -1.86. The van der Waals surface area contributed by atoms with E-state index in [1.54, 1.807) is 0 Å². The predicted octanol–water partition coefficient (Wildman–Crippen LogP) is 4.68. The number of hydrogen-bond acceptors (Lipinski definition) is 1. The Labute approximate surface area is 107 Å². The lowest BCUT2D eigenvalue weighted by molar-refractivity contribution is 1.25. The molecular weight excluding hydrogens is 224 g/mol. The summed E-state index contributed by atoms with van der Waals surface area (Å²) in [7, 11) is 0. The Morgan fingerprint density at radius 2 is 1.35 bits per heavy atom. The van der Waals surface area contributed by atoms with Gasteiger partial charge in [-0.2, -0.15) is 0 Å². The lowest BCUT2D eigenvalue weighted by atomic mass is 10.1. The Morgan fingerprint density at radius 1 is 0.824 bits per heavy atom. The topological polar surface area (TPSA) is 0 Å². The zero-order valence-corrected chi connectivity index (χ0v) is 10.6. The van der Waals surface area contributed by atoms with E-state index in [0.717, 1.165) is 12.2 Å². The molecule has 0 unspecified atom stereocenters. The minimum Gasteiger partial charge on any atom is -0.126 e. The molecule has 0 aliphatic heterocycles. The molecule has 0 fully saturated rings. The van der Waals surface area contributed by atoms with Gasteiger partial charge in [-0.15, -0.1) is 11.8 Å². The quantitative estimate of drug-likeness (QED) is 0.731. The van der Waals surface area contributed by atoms with E-state index in [1.165, 1.54) is 16.0 Å². The first-order valence-electron chi connectivity index (χ1n) is 5.73. The molecular formula is C16H16S. The third-order valence-electron chi connectivity index (χ3n) is 2.53. The number of thioether (sulfide) groups is 1. The first kappa shape index (κ1) is 12.0. The van der Waals surface area contributed by atoms with Crippen LogP contribution < -0.4 is 0 Å². The van der Waals surface area contributed by atoms with Crippen molar-refractivity contribution in [3.8, 4) is 0 Å². The standard InChI is InChI=1S/C16H16S/c1-14(12-15-8-4-2-5-9-15)17-13-16-10-6-3-7-11-16/h2-11H,1,12-13H2. The summed E-state index contributed by atoms with van der Waals surface area (Å²) in [6, 6.07) is 21.0. The smallest absolute Gasteiger partial charge is 0.0228 e. The molecule has 17 heavy (non-hydrogen) atoms. The van der Waals surface area contributed by atoms with E-state index in [4.69, 9.17) is 0 Å². The Hall–Kier alpha value is -1.47. The molecule has 0 aliphatic carbocycles. The Kier molecular flexibility index (Phi) is 4.45. The highest BCUT2D eigenvalue weighted by molar-refractivity contribution is 8.02. The molecule has 2 rings (SSSR count). The molecule has 0 radical (unpaired) electrons. The lowest BCUT2D eigenvalue weighted by Gasteiger charge is -2.05. The fourth-order valence-electron chi connectivity index (χ4n) is 1.63. The van der Waals surface area contributed by atoms with Crippen LogP contribution in [0.4, 0.5) is 0 Å². The summed E-state index contributed by atoms with van der Waals surface area (Å²) in [5.41, 5.74) is 2.68. The van der Waals surface area contributed by atoms with Gasteiger partial charge in [0.2, 0.25) is 0 Å². The molecule has 86 valence electrons. The largest absolute Gasteiger partial charge is 0.126 e. The van der Waals surface area contributed by atoms with Gasteiger partial charge in [-0.3, -0.25) is 0 Å². The summed E-state index contributed by atoms with van der Waals surface area (Å²) in [6.45, 7) is 4.13. The van der Waals surface area contributed by atoms with Crippen molar-refractivity contribution in [1.29, 1.82) is 0 Å². The van der Waals surface area contributed by atoms with Crippen molar-refractivity contribution in [2.75, 3.05) is 0 Å². The molecule has 0 spiro atoms. The van der Waals surface area contributed by atoms with Crippen molar-refractivity contribution >= 4 is 11.8 Å². The van der Waals surface area contributed by atoms with Gasteiger partial charge in [-0.25, -0.2) is 0 Å². The summed E-state index contributed by atoms with van der Waals surface area (Å²) in [5, 5.41) is 0. The van der Waals surface area contributed by atoms with Gasteiger partial charge < -0.3 is 0 Å². The second-order valence-corrected chi connectivity index (χ2v) is 5.13. The average Bonchev–Trinajstić information content (AvgIpc) is 2.39. The van der Waals surface area contributed by atoms with Crippen LogP contribution in [-0.4, -0.2) is 0 Å². The third kappa shape index (κ3) is 4.12. The van der Waals surface area contributed by atoms with Crippen LogP contribution >= 0.6 is 11.8 Å². The van der Waals surface area contributed by atoms with E-state index in [1.807, 2.05) is 23.9 Å². The summed E-state index contributed by atoms with van der Waals surface area (Å²) in [6.07, 6.45) is 0.957. The molecule has 0 nitrogen and oxygen atoms in total. The first-order chi connectivity index (χ1) is 8.34. The summed E-state index contributed by atoms with van der Waals surface area (Å²) in [4.78, 5) is 1.22. The highest BCUT2D eigenvalue weighted by atomic mass is 32.2. The monoisotopic (exact) mass is 240 g/mol. The van der Waals surface area contributed by atoms with E-state index in [9.17, 15) is 0 Å². The minimum atomic E-state index is 0.957. The SMILES string of the molecule is C=C(Cc1ccccc1)SCc1ccccc1. The van der Waals surface area contributed by atoms with Crippen molar-refractivity contribution in [1.82, 2.24) is 0 Å². The van der Waals surface area contributed by atoms with E-state index in [0.29, 0.717) is 0 Å². The van der Waals surface area contributed by atoms with Crippen molar-refractivity contribution in [2.24, 2.45) is 0 Å². The van der Waals surface area contributed by atoms with Gasteiger partial charge >= 0.3 is 0 Å². The molecule has 1 heteroatoms. The zero-order valence-electron chi connectivity index (χ0n) is 9.80. The second-order valence-electron chi connectivity index (χ2n) is 3.98. The van der Waals surface area contributed by atoms with Gasteiger partial charge in [-0.1, -0.05) is 67.2 Å². The maximum atomic E-state index is 4.13. The normalized spacial score (nSPS) is 10.1. The zero-order chi connectivity index (χ0) is 11.9. The van der Waals surface area contributed by atoms with E-state index in [2.05, 4.69) is 55.1 Å².